The molecule has 28 heavy (non-hydrogen) atoms. The Labute approximate surface area is 166 Å². The molecule has 6 N–H and O–H groups in total. The Kier molecular flexibility index (Phi) is 10.2. The Bertz CT molecular complexity index is 629. The van der Waals surface area contributed by atoms with E-state index in [1.165, 1.54) is 0 Å². The molecule has 9 heteroatoms. The first-order valence-electron chi connectivity index (χ1n) is 9.28. The van der Waals surface area contributed by atoms with Crippen molar-refractivity contribution in [1.82, 2.24) is 16.0 Å². The summed E-state index contributed by atoms with van der Waals surface area (Å²) >= 11 is 0. The molecule has 2 amide bonds. The van der Waals surface area contributed by atoms with Gasteiger partial charge in [-0.2, -0.15) is 0 Å². The van der Waals surface area contributed by atoms with E-state index in [2.05, 4.69) is 20.9 Å². The zero-order valence-electron chi connectivity index (χ0n) is 16.8. The van der Waals surface area contributed by atoms with E-state index in [4.69, 9.17) is 15.2 Å². The van der Waals surface area contributed by atoms with E-state index in [1.54, 1.807) is 20.8 Å². The standard InChI is InChI=1S/C19H31N5O4/c1-19(2,3)28-18(26)24-13-12-22-16(20)21-10-7-11-23-17(25)27-14-15-8-5-4-6-9-15/h4-6,8-9H,7,10-14H2,1-3H3,(H,23,25)(H,24,26)(H3,20,21,22)/p+1. The fourth-order valence-corrected chi connectivity index (χ4v) is 2.01. The molecule has 0 aliphatic rings. The van der Waals surface area contributed by atoms with Gasteiger partial charge in [0.15, 0.2) is 0 Å². The second kappa shape index (κ2) is 12.4. The molecule has 0 bridgehead atoms. The Hall–Kier alpha value is -2.97. The van der Waals surface area contributed by atoms with Crippen molar-refractivity contribution in [3.8, 4) is 0 Å². The number of carbonyl (C=O) groups excluding carboxylic acids is 2. The number of nitrogens with two attached hydrogens (primary N) is 1. The van der Waals surface area contributed by atoms with Gasteiger partial charge < -0.3 is 20.1 Å². The van der Waals surface area contributed by atoms with E-state index in [1.807, 2.05) is 30.3 Å². The van der Waals surface area contributed by atoms with Crippen LogP contribution in [-0.4, -0.2) is 49.9 Å². The van der Waals surface area contributed by atoms with Gasteiger partial charge in [0.25, 0.3) is 0 Å². The smallest absolute Gasteiger partial charge is 0.407 e. The van der Waals surface area contributed by atoms with Gasteiger partial charge in [0, 0.05) is 6.54 Å². The Morgan fingerprint density at radius 3 is 2.32 bits per heavy atom. The number of hydrogen-bond donors (Lipinski definition) is 5. The number of benzene rings is 1. The number of guanidine groups is 1. The van der Waals surface area contributed by atoms with Crippen LogP contribution in [0.2, 0.25) is 0 Å². The molecular weight excluding hydrogens is 362 g/mol. The fourth-order valence-electron chi connectivity index (χ4n) is 2.01. The van der Waals surface area contributed by atoms with Crippen LogP contribution in [0.3, 0.4) is 0 Å². The molecule has 1 aromatic carbocycles. The van der Waals surface area contributed by atoms with Gasteiger partial charge >= 0.3 is 18.1 Å². The van der Waals surface area contributed by atoms with E-state index in [0.29, 0.717) is 38.6 Å². The lowest BCUT2D eigenvalue weighted by atomic mass is 10.2. The summed E-state index contributed by atoms with van der Waals surface area (Å²) in [6, 6.07) is 9.49. The monoisotopic (exact) mass is 394 g/mol. The average molecular weight is 394 g/mol. The minimum Gasteiger partial charge on any atom is -0.445 e. The third kappa shape index (κ3) is 12.4. The van der Waals surface area contributed by atoms with Crippen molar-refractivity contribution in [3.63, 3.8) is 0 Å². The summed E-state index contributed by atoms with van der Waals surface area (Å²) in [6.45, 7) is 7.54. The molecule has 1 rings (SSSR count). The predicted octanol–water partition coefficient (Wildman–Crippen LogP) is -0.187. The molecule has 0 aromatic heterocycles. The molecule has 0 unspecified atom stereocenters. The SMILES string of the molecule is CC(C)(C)OC(=O)NCCNC(N)=[NH+]CCCNC(=O)OCc1ccccc1. The summed E-state index contributed by atoms with van der Waals surface area (Å²) in [7, 11) is 0. The summed E-state index contributed by atoms with van der Waals surface area (Å²) in [4.78, 5) is 26.0. The number of carbonyl (C=O) groups is 2. The van der Waals surface area contributed by atoms with Crippen LogP contribution in [0.4, 0.5) is 9.59 Å². The maximum absolute atomic E-state index is 11.6. The van der Waals surface area contributed by atoms with E-state index in [9.17, 15) is 9.59 Å². The topological polar surface area (TPSA) is 129 Å². The van der Waals surface area contributed by atoms with Crippen LogP contribution < -0.4 is 26.7 Å². The van der Waals surface area contributed by atoms with Gasteiger partial charge in [0.1, 0.15) is 12.2 Å². The van der Waals surface area contributed by atoms with E-state index >= 15 is 0 Å². The highest BCUT2D eigenvalue weighted by molar-refractivity contribution is 5.71. The molecule has 0 radical (unpaired) electrons. The normalized spacial score (nSPS) is 11.5. The molecule has 0 saturated heterocycles. The molecular formula is C19H32N5O4+. The van der Waals surface area contributed by atoms with Crippen LogP contribution in [0.5, 0.6) is 0 Å². The molecule has 0 saturated carbocycles. The molecule has 0 heterocycles. The number of ether oxygens (including phenoxy) is 2. The molecule has 0 spiro atoms. The van der Waals surface area contributed by atoms with E-state index < -0.39 is 17.8 Å². The highest BCUT2D eigenvalue weighted by Crippen LogP contribution is 2.05. The van der Waals surface area contributed by atoms with Gasteiger partial charge in [-0.1, -0.05) is 30.3 Å². The summed E-state index contributed by atoms with van der Waals surface area (Å²) < 4.78 is 10.2. The van der Waals surface area contributed by atoms with E-state index in [0.717, 1.165) is 5.56 Å². The first-order chi connectivity index (χ1) is 13.3. The lowest BCUT2D eigenvalue weighted by molar-refractivity contribution is -0.460. The summed E-state index contributed by atoms with van der Waals surface area (Å²) in [5.74, 6) is 0.401. The molecule has 156 valence electrons. The summed E-state index contributed by atoms with van der Waals surface area (Å²) in [5.41, 5.74) is 6.20. The Morgan fingerprint density at radius 2 is 1.64 bits per heavy atom. The molecule has 0 aliphatic heterocycles. The second-order valence-corrected chi connectivity index (χ2v) is 7.04. The highest BCUT2D eigenvalue weighted by atomic mass is 16.6. The number of amides is 2. The first-order valence-corrected chi connectivity index (χ1v) is 9.28. The third-order valence-electron chi connectivity index (χ3n) is 3.26. The van der Waals surface area contributed by atoms with Crippen molar-refractivity contribution in [3.05, 3.63) is 35.9 Å². The van der Waals surface area contributed by atoms with Crippen molar-refractivity contribution in [1.29, 1.82) is 0 Å². The zero-order valence-corrected chi connectivity index (χ0v) is 16.8. The Morgan fingerprint density at radius 1 is 1.00 bits per heavy atom. The molecule has 1 aromatic rings. The number of hydrogen-bond acceptors (Lipinski definition) is 4. The van der Waals surface area contributed by atoms with Crippen molar-refractivity contribution >= 4 is 18.1 Å². The van der Waals surface area contributed by atoms with Crippen LogP contribution in [0.25, 0.3) is 0 Å². The third-order valence-corrected chi connectivity index (χ3v) is 3.26. The number of nitrogens with one attached hydrogen (secondary N) is 4. The van der Waals surface area contributed by atoms with Gasteiger partial charge in [-0.05, 0) is 32.8 Å². The van der Waals surface area contributed by atoms with E-state index in [-0.39, 0.29) is 6.61 Å². The predicted molar refractivity (Wildman–Crippen MR) is 107 cm³/mol. The van der Waals surface area contributed by atoms with Crippen molar-refractivity contribution in [2.75, 3.05) is 26.2 Å². The van der Waals surface area contributed by atoms with Gasteiger partial charge in [-0.15, -0.1) is 0 Å². The summed E-state index contributed by atoms with van der Waals surface area (Å²) in [6.07, 6.45) is -0.239. The van der Waals surface area contributed by atoms with Gasteiger partial charge in [0.2, 0.25) is 0 Å². The highest BCUT2D eigenvalue weighted by Gasteiger charge is 2.15. The van der Waals surface area contributed by atoms with Crippen molar-refractivity contribution in [2.45, 2.75) is 39.4 Å². The molecule has 9 nitrogen and oxygen atoms in total. The largest absolute Gasteiger partial charge is 0.445 e. The first kappa shape index (κ1) is 23.1. The van der Waals surface area contributed by atoms with Crippen LogP contribution in [0, 0.1) is 0 Å². The molecule has 0 fully saturated rings. The van der Waals surface area contributed by atoms with Gasteiger partial charge in [0.05, 0.1) is 19.6 Å². The fraction of sp³-hybridized carbons (Fsp3) is 0.526. The molecule has 0 atom stereocenters. The van der Waals surface area contributed by atoms with Crippen LogP contribution in [0.15, 0.2) is 30.3 Å². The minimum absolute atomic E-state index is 0.243. The van der Waals surface area contributed by atoms with Crippen molar-refractivity contribution < 1.29 is 24.1 Å². The zero-order chi connectivity index (χ0) is 20.8. The second-order valence-electron chi connectivity index (χ2n) is 7.04. The number of alkyl carbamates (subject to hydrolysis) is 2. The van der Waals surface area contributed by atoms with Gasteiger partial charge in [-0.25, -0.2) is 9.59 Å². The number of rotatable bonds is 9. The lowest BCUT2D eigenvalue weighted by Crippen LogP contribution is -2.79. The van der Waals surface area contributed by atoms with Crippen LogP contribution in [-0.2, 0) is 16.1 Å². The Balaban J connectivity index is 2.03. The minimum atomic E-state index is -0.522. The average Bonchev–Trinajstić information content (AvgIpc) is 2.62. The lowest BCUT2D eigenvalue weighted by Gasteiger charge is -2.19. The quantitative estimate of drug-likeness (QED) is 0.224. The maximum Gasteiger partial charge on any atom is 0.407 e. The van der Waals surface area contributed by atoms with Crippen LogP contribution in [0.1, 0.15) is 32.8 Å². The van der Waals surface area contributed by atoms with Crippen molar-refractivity contribution in [2.24, 2.45) is 5.73 Å². The van der Waals surface area contributed by atoms with Crippen LogP contribution >= 0.6 is 0 Å². The van der Waals surface area contributed by atoms with Gasteiger partial charge in [-0.3, -0.25) is 16.0 Å². The summed E-state index contributed by atoms with van der Waals surface area (Å²) in [5, 5.41) is 8.24. The molecule has 0 aliphatic carbocycles. The maximum atomic E-state index is 11.6.